The molecule has 0 aliphatic carbocycles. The second-order valence-corrected chi connectivity index (χ2v) is 2.93. The summed E-state index contributed by atoms with van der Waals surface area (Å²) in [5, 5.41) is 8.65. The lowest BCUT2D eigenvalue weighted by atomic mass is 10.1. The Morgan fingerprint density at radius 3 is 2.57 bits per heavy atom. The fourth-order valence-corrected chi connectivity index (χ4v) is 1.13. The predicted octanol–water partition coefficient (Wildman–Crippen LogP) is 1.60. The highest BCUT2D eigenvalue weighted by molar-refractivity contribution is 5.26. The first kappa shape index (κ1) is 11.1. The van der Waals surface area contributed by atoms with Gasteiger partial charge in [0.15, 0.2) is 0 Å². The molecule has 0 aliphatic heterocycles. The summed E-state index contributed by atoms with van der Waals surface area (Å²) in [4.78, 5) is 0. The molecule has 1 atom stereocenters. The van der Waals surface area contributed by atoms with E-state index in [1.165, 1.54) is 13.0 Å². The van der Waals surface area contributed by atoms with E-state index in [0.29, 0.717) is 0 Å². The van der Waals surface area contributed by atoms with Gasteiger partial charge in [-0.25, -0.2) is 0 Å². The third-order valence-electron chi connectivity index (χ3n) is 1.74. The van der Waals surface area contributed by atoms with Gasteiger partial charge in [-0.2, -0.15) is 13.2 Å². The number of alkyl halides is 3. The summed E-state index contributed by atoms with van der Waals surface area (Å²) in [5.41, 5.74) is 5.08. The first-order valence-electron chi connectivity index (χ1n) is 3.90. The molecule has 6 heteroatoms. The fourth-order valence-electron chi connectivity index (χ4n) is 1.13. The average molecular weight is 209 g/mol. The minimum atomic E-state index is -4.57. The van der Waals surface area contributed by atoms with Gasteiger partial charge in [-0.05, 0) is 13.0 Å². The molecule has 1 rings (SSSR count). The number of aliphatic hydroxyl groups is 1. The molecule has 0 spiro atoms. The highest BCUT2D eigenvalue weighted by Crippen LogP contribution is 2.35. The Hall–Kier alpha value is -1.01. The number of furan rings is 1. The van der Waals surface area contributed by atoms with Crippen LogP contribution in [0.3, 0.4) is 0 Å². The van der Waals surface area contributed by atoms with Gasteiger partial charge < -0.3 is 15.3 Å². The van der Waals surface area contributed by atoms with E-state index in [9.17, 15) is 13.2 Å². The molecule has 0 saturated carbocycles. The third kappa shape index (κ3) is 2.08. The van der Waals surface area contributed by atoms with Gasteiger partial charge in [0.1, 0.15) is 5.76 Å². The van der Waals surface area contributed by atoms with Crippen molar-refractivity contribution in [2.24, 2.45) is 5.73 Å². The number of halogens is 3. The van der Waals surface area contributed by atoms with Crippen LogP contribution in [0.5, 0.6) is 0 Å². The van der Waals surface area contributed by atoms with Crippen LogP contribution in [0.2, 0.25) is 0 Å². The van der Waals surface area contributed by atoms with E-state index in [1.807, 2.05) is 0 Å². The molecule has 3 nitrogen and oxygen atoms in total. The number of rotatable bonds is 2. The largest absolute Gasteiger partial charge is 0.456 e. The van der Waals surface area contributed by atoms with Crippen molar-refractivity contribution in [2.45, 2.75) is 19.1 Å². The van der Waals surface area contributed by atoms with Crippen molar-refractivity contribution < 1.29 is 22.7 Å². The van der Waals surface area contributed by atoms with E-state index >= 15 is 0 Å². The van der Waals surface area contributed by atoms with Crippen molar-refractivity contribution >= 4 is 0 Å². The third-order valence-corrected chi connectivity index (χ3v) is 1.74. The van der Waals surface area contributed by atoms with Crippen LogP contribution < -0.4 is 5.73 Å². The van der Waals surface area contributed by atoms with Gasteiger partial charge in [0, 0.05) is 5.56 Å². The molecule has 0 fully saturated rings. The number of aliphatic hydroxyl groups excluding tert-OH is 1. The van der Waals surface area contributed by atoms with Crippen LogP contribution in [0.25, 0.3) is 0 Å². The van der Waals surface area contributed by atoms with Crippen LogP contribution >= 0.6 is 0 Å². The molecule has 0 bridgehead atoms. The molecule has 1 aromatic heterocycles. The number of hydrogen-bond acceptors (Lipinski definition) is 3. The molecule has 0 radical (unpaired) electrons. The summed E-state index contributed by atoms with van der Waals surface area (Å²) in [5.74, 6) is -1.01. The molecule has 3 N–H and O–H groups in total. The molecule has 0 aromatic carbocycles. The first-order chi connectivity index (χ1) is 6.36. The maximum Gasteiger partial charge on any atom is 0.449 e. The lowest BCUT2D eigenvalue weighted by Gasteiger charge is -2.09. The Balaban J connectivity index is 3.16. The van der Waals surface area contributed by atoms with Gasteiger partial charge in [0.25, 0.3) is 0 Å². The van der Waals surface area contributed by atoms with Gasteiger partial charge >= 0.3 is 6.18 Å². The fraction of sp³-hybridized carbons (Fsp3) is 0.500. The maximum absolute atomic E-state index is 12.3. The molecule has 1 aromatic rings. The maximum atomic E-state index is 12.3. The van der Waals surface area contributed by atoms with Crippen LogP contribution in [0.4, 0.5) is 13.2 Å². The molecular formula is C8H10F3NO2. The van der Waals surface area contributed by atoms with E-state index in [2.05, 4.69) is 4.42 Å². The van der Waals surface area contributed by atoms with Crippen LogP contribution in [-0.4, -0.2) is 11.7 Å². The van der Waals surface area contributed by atoms with Crippen LogP contribution in [0.15, 0.2) is 10.5 Å². The zero-order chi connectivity index (χ0) is 10.9. The number of hydrogen-bond donors (Lipinski definition) is 2. The number of aryl methyl sites for hydroxylation is 1. The zero-order valence-corrected chi connectivity index (χ0v) is 7.43. The van der Waals surface area contributed by atoms with Crippen molar-refractivity contribution in [3.63, 3.8) is 0 Å². The van der Waals surface area contributed by atoms with Crippen molar-refractivity contribution in [3.05, 3.63) is 23.2 Å². The number of nitrogens with two attached hydrogens (primary N) is 1. The van der Waals surface area contributed by atoms with Crippen molar-refractivity contribution in [1.82, 2.24) is 0 Å². The van der Waals surface area contributed by atoms with E-state index in [4.69, 9.17) is 10.8 Å². The molecule has 80 valence electrons. The van der Waals surface area contributed by atoms with Crippen LogP contribution in [0.1, 0.15) is 23.1 Å². The Labute approximate surface area is 78.3 Å². The quantitative estimate of drug-likeness (QED) is 0.777. The van der Waals surface area contributed by atoms with Gasteiger partial charge in [-0.1, -0.05) is 0 Å². The van der Waals surface area contributed by atoms with Crippen molar-refractivity contribution in [1.29, 1.82) is 0 Å². The second-order valence-electron chi connectivity index (χ2n) is 2.93. The summed E-state index contributed by atoms with van der Waals surface area (Å²) < 4.78 is 41.5. The van der Waals surface area contributed by atoms with Gasteiger partial charge in [-0.15, -0.1) is 0 Å². The molecule has 0 aliphatic rings. The minimum absolute atomic E-state index is 0.122. The van der Waals surface area contributed by atoms with Crippen LogP contribution in [0, 0.1) is 6.92 Å². The van der Waals surface area contributed by atoms with Crippen molar-refractivity contribution in [3.8, 4) is 0 Å². The van der Waals surface area contributed by atoms with E-state index in [0.717, 1.165) is 0 Å². The SMILES string of the molecule is Cc1cc([C@H](N)CO)c(C(F)(F)F)o1. The predicted molar refractivity (Wildman–Crippen MR) is 42.5 cm³/mol. The van der Waals surface area contributed by atoms with Gasteiger partial charge in [0.05, 0.1) is 12.6 Å². The Morgan fingerprint density at radius 1 is 1.57 bits per heavy atom. The Bertz CT molecular complexity index is 319. The van der Waals surface area contributed by atoms with Gasteiger partial charge in [0.2, 0.25) is 5.76 Å². The molecule has 0 saturated heterocycles. The van der Waals surface area contributed by atoms with Gasteiger partial charge in [-0.3, -0.25) is 0 Å². The van der Waals surface area contributed by atoms with Crippen LogP contribution in [-0.2, 0) is 6.18 Å². The Kier molecular flexibility index (Phi) is 2.86. The average Bonchev–Trinajstić information content (AvgIpc) is 2.45. The van der Waals surface area contributed by atoms with Crippen molar-refractivity contribution in [2.75, 3.05) is 6.61 Å². The molecule has 14 heavy (non-hydrogen) atoms. The van der Waals surface area contributed by atoms with E-state index in [-0.39, 0.29) is 11.3 Å². The van der Waals surface area contributed by atoms with E-state index in [1.54, 1.807) is 0 Å². The summed E-state index contributed by atoms with van der Waals surface area (Å²) >= 11 is 0. The first-order valence-corrected chi connectivity index (χ1v) is 3.90. The standard InChI is InChI=1S/C8H10F3NO2/c1-4-2-5(6(12)3-13)7(14-4)8(9,10)11/h2,6,13H,3,12H2,1H3/t6-/m1/s1. The normalized spacial score (nSPS) is 14.4. The summed E-state index contributed by atoms with van der Waals surface area (Å²) in [7, 11) is 0. The topological polar surface area (TPSA) is 59.4 Å². The molecular weight excluding hydrogens is 199 g/mol. The minimum Gasteiger partial charge on any atom is -0.456 e. The second kappa shape index (κ2) is 3.62. The zero-order valence-electron chi connectivity index (χ0n) is 7.43. The smallest absolute Gasteiger partial charge is 0.449 e. The summed E-state index contributed by atoms with van der Waals surface area (Å²) in [6, 6.07) is 0.119. The lowest BCUT2D eigenvalue weighted by molar-refractivity contribution is -0.154. The monoisotopic (exact) mass is 209 g/mol. The summed E-state index contributed by atoms with van der Waals surface area (Å²) in [6.07, 6.45) is -4.57. The van der Waals surface area contributed by atoms with E-state index < -0.39 is 24.6 Å². The highest BCUT2D eigenvalue weighted by atomic mass is 19.4. The summed E-state index contributed by atoms with van der Waals surface area (Å²) in [6.45, 7) is 0.838. The molecule has 1 heterocycles. The molecule has 0 unspecified atom stereocenters. The highest BCUT2D eigenvalue weighted by Gasteiger charge is 2.39. The molecule has 0 amide bonds. The lowest BCUT2D eigenvalue weighted by Crippen LogP contribution is -2.18. The Morgan fingerprint density at radius 2 is 2.14 bits per heavy atom.